The maximum atomic E-state index is 12.3. The van der Waals surface area contributed by atoms with Crippen LogP contribution >= 0.6 is 11.3 Å². The SMILES string of the molecule is Cc1cc(C(=O)Nc2cnc3n[nH]c(C)c3c2)c(C)s1. The number of H-pyrrole nitrogens is 1. The van der Waals surface area contributed by atoms with Gasteiger partial charge in [-0.3, -0.25) is 9.89 Å². The van der Waals surface area contributed by atoms with E-state index in [1.807, 2.05) is 32.9 Å². The predicted octanol–water partition coefficient (Wildman–Crippen LogP) is 3.20. The van der Waals surface area contributed by atoms with Crippen molar-refractivity contribution in [2.45, 2.75) is 20.8 Å². The molecule has 102 valence electrons. The van der Waals surface area contributed by atoms with Crippen molar-refractivity contribution in [2.24, 2.45) is 0 Å². The van der Waals surface area contributed by atoms with Gasteiger partial charge in [-0.15, -0.1) is 11.3 Å². The number of anilines is 1. The molecular formula is C14H14N4OS. The number of hydrogen-bond donors (Lipinski definition) is 2. The monoisotopic (exact) mass is 286 g/mol. The largest absolute Gasteiger partial charge is 0.321 e. The highest BCUT2D eigenvalue weighted by atomic mass is 32.1. The number of aromatic amines is 1. The van der Waals surface area contributed by atoms with Crippen LogP contribution in [0.4, 0.5) is 5.69 Å². The molecule has 0 aromatic carbocycles. The van der Waals surface area contributed by atoms with Crippen molar-refractivity contribution in [3.63, 3.8) is 0 Å². The third kappa shape index (κ3) is 2.18. The van der Waals surface area contributed by atoms with Gasteiger partial charge in [-0.25, -0.2) is 4.98 Å². The van der Waals surface area contributed by atoms with Crippen molar-refractivity contribution in [1.29, 1.82) is 0 Å². The van der Waals surface area contributed by atoms with Gasteiger partial charge in [0.25, 0.3) is 5.91 Å². The lowest BCUT2D eigenvalue weighted by Crippen LogP contribution is -2.12. The standard InChI is InChI=1S/C14H14N4OS/c1-7-4-12(9(3)20-7)14(19)16-10-5-11-8(2)17-18-13(11)15-6-10/h4-6H,1-3H3,(H,16,19)(H,15,17,18). The molecule has 0 saturated heterocycles. The van der Waals surface area contributed by atoms with E-state index < -0.39 is 0 Å². The zero-order chi connectivity index (χ0) is 14.3. The fraction of sp³-hybridized carbons (Fsp3) is 0.214. The molecule has 6 heteroatoms. The van der Waals surface area contributed by atoms with Gasteiger partial charge >= 0.3 is 0 Å². The number of rotatable bonds is 2. The molecule has 0 unspecified atom stereocenters. The second-order valence-corrected chi connectivity index (χ2v) is 6.19. The van der Waals surface area contributed by atoms with Crippen LogP contribution in [0.5, 0.6) is 0 Å². The van der Waals surface area contributed by atoms with Crippen molar-refractivity contribution in [1.82, 2.24) is 15.2 Å². The van der Waals surface area contributed by atoms with E-state index in [1.165, 1.54) is 0 Å². The average molecular weight is 286 g/mol. The Morgan fingerprint density at radius 2 is 2.10 bits per heavy atom. The number of amides is 1. The van der Waals surface area contributed by atoms with Gasteiger partial charge in [0.1, 0.15) is 0 Å². The highest BCUT2D eigenvalue weighted by molar-refractivity contribution is 7.12. The summed E-state index contributed by atoms with van der Waals surface area (Å²) in [5.41, 5.74) is 2.99. The summed E-state index contributed by atoms with van der Waals surface area (Å²) in [6, 6.07) is 3.79. The van der Waals surface area contributed by atoms with Gasteiger partial charge in [0, 0.05) is 20.8 Å². The molecule has 0 aliphatic heterocycles. The molecule has 3 heterocycles. The minimum Gasteiger partial charge on any atom is -0.321 e. The molecule has 5 nitrogen and oxygen atoms in total. The smallest absolute Gasteiger partial charge is 0.256 e. The van der Waals surface area contributed by atoms with Crippen LogP contribution in [-0.4, -0.2) is 21.1 Å². The van der Waals surface area contributed by atoms with E-state index in [-0.39, 0.29) is 5.91 Å². The number of aryl methyl sites for hydroxylation is 3. The number of hydrogen-bond acceptors (Lipinski definition) is 4. The van der Waals surface area contributed by atoms with Crippen LogP contribution in [-0.2, 0) is 0 Å². The van der Waals surface area contributed by atoms with Crippen molar-refractivity contribution in [3.8, 4) is 0 Å². The van der Waals surface area contributed by atoms with Crippen LogP contribution in [0.2, 0.25) is 0 Å². The molecule has 3 aromatic rings. The van der Waals surface area contributed by atoms with E-state index >= 15 is 0 Å². The summed E-state index contributed by atoms with van der Waals surface area (Å²) in [6.07, 6.45) is 1.62. The first kappa shape index (κ1) is 12.8. The van der Waals surface area contributed by atoms with Gasteiger partial charge < -0.3 is 5.32 Å². The number of thiophene rings is 1. The van der Waals surface area contributed by atoms with E-state index in [0.717, 1.165) is 26.4 Å². The highest BCUT2D eigenvalue weighted by Gasteiger charge is 2.13. The Hall–Kier alpha value is -2.21. The lowest BCUT2D eigenvalue weighted by Gasteiger charge is -2.04. The molecule has 0 aliphatic rings. The van der Waals surface area contributed by atoms with E-state index in [4.69, 9.17) is 0 Å². The topological polar surface area (TPSA) is 70.7 Å². The molecule has 2 N–H and O–H groups in total. The van der Waals surface area contributed by atoms with Crippen molar-refractivity contribution in [3.05, 3.63) is 39.3 Å². The summed E-state index contributed by atoms with van der Waals surface area (Å²) in [6.45, 7) is 5.88. The Morgan fingerprint density at radius 1 is 1.30 bits per heavy atom. The van der Waals surface area contributed by atoms with Crippen LogP contribution in [0.15, 0.2) is 18.3 Å². The number of carbonyl (C=O) groups excluding carboxylic acids is 1. The number of fused-ring (bicyclic) bond motifs is 1. The van der Waals surface area contributed by atoms with Crippen LogP contribution in [0.25, 0.3) is 11.0 Å². The summed E-state index contributed by atoms with van der Waals surface area (Å²) < 4.78 is 0. The molecule has 3 rings (SSSR count). The van der Waals surface area contributed by atoms with E-state index in [0.29, 0.717) is 11.3 Å². The molecule has 1 amide bonds. The maximum Gasteiger partial charge on any atom is 0.256 e. The second-order valence-electron chi connectivity index (χ2n) is 4.72. The normalized spacial score (nSPS) is 10.9. The fourth-order valence-electron chi connectivity index (χ4n) is 2.14. The molecule has 0 atom stereocenters. The molecule has 0 bridgehead atoms. The molecule has 0 spiro atoms. The summed E-state index contributed by atoms with van der Waals surface area (Å²) in [5, 5.41) is 10.7. The zero-order valence-electron chi connectivity index (χ0n) is 11.4. The predicted molar refractivity (Wildman–Crippen MR) is 80.4 cm³/mol. The van der Waals surface area contributed by atoms with Gasteiger partial charge in [0.2, 0.25) is 0 Å². The first-order valence-corrected chi connectivity index (χ1v) is 7.05. The third-order valence-corrected chi connectivity index (χ3v) is 4.11. The molecule has 0 radical (unpaired) electrons. The number of nitrogens with one attached hydrogen (secondary N) is 2. The average Bonchev–Trinajstić information content (AvgIpc) is 2.93. The Labute approximate surface area is 120 Å². The summed E-state index contributed by atoms with van der Waals surface area (Å²) in [5.74, 6) is -0.103. The fourth-order valence-corrected chi connectivity index (χ4v) is 3.06. The molecule has 20 heavy (non-hydrogen) atoms. The molecule has 0 saturated carbocycles. The molecule has 0 aliphatic carbocycles. The van der Waals surface area contributed by atoms with Gasteiger partial charge in [-0.05, 0) is 32.9 Å². The van der Waals surface area contributed by atoms with Crippen LogP contribution in [0.3, 0.4) is 0 Å². The minimum absolute atomic E-state index is 0.103. The second kappa shape index (κ2) is 4.72. The Morgan fingerprint density at radius 3 is 2.80 bits per heavy atom. The van der Waals surface area contributed by atoms with Crippen LogP contribution in [0, 0.1) is 20.8 Å². The van der Waals surface area contributed by atoms with E-state index in [9.17, 15) is 4.79 Å². The molecular weight excluding hydrogens is 272 g/mol. The van der Waals surface area contributed by atoms with E-state index in [2.05, 4.69) is 20.5 Å². The summed E-state index contributed by atoms with van der Waals surface area (Å²) in [7, 11) is 0. The van der Waals surface area contributed by atoms with Crippen LogP contribution in [0.1, 0.15) is 25.8 Å². The zero-order valence-corrected chi connectivity index (χ0v) is 12.3. The quantitative estimate of drug-likeness (QED) is 0.760. The van der Waals surface area contributed by atoms with Crippen molar-refractivity contribution in [2.75, 3.05) is 5.32 Å². The maximum absolute atomic E-state index is 12.3. The molecule has 3 aromatic heterocycles. The van der Waals surface area contributed by atoms with Crippen molar-refractivity contribution < 1.29 is 4.79 Å². The Kier molecular flexibility index (Phi) is 3.02. The van der Waals surface area contributed by atoms with Gasteiger partial charge in [-0.2, -0.15) is 5.10 Å². The number of pyridine rings is 1. The lowest BCUT2D eigenvalue weighted by molar-refractivity contribution is 0.102. The minimum atomic E-state index is -0.103. The van der Waals surface area contributed by atoms with Gasteiger partial charge in [0.05, 0.1) is 17.4 Å². The third-order valence-electron chi connectivity index (χ3n) is 3.14. The summed E-state index contributed by atoms with van der Waals surface area (Å²) >= 11 is 1.62. The van der Waals surface area contributed by atoms with Gasteiger partial charge in [0.15, 0.2) is 5.65 Å². The lowest BCUT2D eigenvalue weighted by atomic mass is 10.2. The van der Waals surface area contributed by atoms with Crippen molar-refractivity contribution >= 4 is 34.0 Å². The Bertz CT molecular complexity index is 803. The number of nitrogens with zero attached hydrogens (tertiary/aromatic N) is 2. The van der Waals surface area contributed by atoms with Gasteiger partial charge in [-0.1, -0.05) is 0 Å². The number of carbonyl (C=O) groups is 1. The van der Waals surface area contributed by atoms with Crippen LogP contribution < -0.4 is 5.32 Å². The molecule has 0 fully saturated rings. The Balaban J connectivity index is 1.90. The number of aromatic nitrogens is 3. The highest BCUT2D eigenvalue weighted by Crippen LogP contribution is 2.23. The first-order valence-electron chi connectivity index (χ1n) is 6.23. The first-order chi connectivity index (χ1) is 9.54. The van der Waals surface area contributed by atoms with E-state index in [1.54, 1.807) is 17.5 Å². The summed E-state index contributed by atoms with van der Waals surface area (Å²) in [4.78, 5) is 18.6.